The average molecular weight is 284 g/mol. The lowest BCUT2D eigenvalue weighted by molar-refractivity contribution is -0.119. The molecule has 1 aliphatic heterocycles. The second kappa shape index (κ2) is 6.73. The molecule has 0 bridgehead atoms. The van der Waals surface area contributed by atoms with Gasteiger partial charge in [0.1, 0.15) is 5.02 Å². The molecule has 1 saturated heterocycles. The van der Waals surface area contributed by atoms with Crippen LogP contribution in [-0.4, -0.2) is 42.0 Å². The standard InChI is InChI=1S/C13H18ClN3O2/c14-11-4-1-5-16-13(11)19-9-10-3-2-6-17(7-10)8-12(15)18/h1,4-5,10H,2-3,6-9H2,(H2,15,18). The van der Waals surface area contributed by atoms with Crippen molar-refractivity contribution >= 4 is 17.5 Å². The number of ether oxygens (including phenoxy) is 1. The van der Waals surface area contributed by atoms with Crippen molar-refractivity contribution in [3.8, 4) is 5.88 Å². The minimum Gasteiger partial charge on any atom is -0.476 e. The van der Waals surface area contributed by atoms with Crippen LogP contribution < -0.4 is 10.5 Å². The first-order valence-electron chi connectivity index (χ1n) is 6.39. The number of pyridine rings is 1. The van der Waals surface area contributed by atoms with Gasteiger partial charge >= 0.3 is 0 Å². The molecule has 1 aromatic heterocycles. The lowest BCUT2D eigenvalue weighted by atomic mass is 9.99. The predicted octanol–water partition coefficient (Wildman–Crippen LogP) is 1.31. The summed E-state index contributed by atoms with van der Waals surface area (Å²) in [6.45, 7) is 2.63. The van der Waals surface area contributed by atoms with Crippen molar-refractivity contribution in [3.63, 3.8) is 0 Å². The zero-order chi connectivity index (χ0) is 13.7. The maximum absolute atomic E-state index is 10.9. The van der Waals surface area contributed by atoms with Crippen LogP contribution in [-0.2, 0) is 4.79 Å². The van der Waals surface area contributed by atoms with E-state index in [4.69, 9.17) is 22.1 Å². The van der Waals surface area contributed by atoms with Gasteiger partial charge in [-0.3, -0.25) is 9.69 Å². The summed E-state index contributed by atoms with van der Waals surface area (Å²) in [5.74, 6) is 0.566. The van der Waals surface area contributed by atoms with Crippen LogP contribution in [0.25, 0.3) is 0 Å². The molecule has 0 aliphatic carbocycles. The molecule has 1 aromatic rings. The lowest BCUT2D eigenvalue weighted by Crippen LogP contribution is -2.42. The number of rotatable bonds is 5. The second-order valence-corrected chi connectivity index (χ2v) is 5.22. The number of hydrogen-bond donors (Lipinski definition) is 1. The van der Waals surface area contributed by atoms with E-state index in [0.717, 1.165) is 25.9 Å². The van der Waals surface area contributed by atoms with Crippen LogP contribution in [0, 0.1) is 5.92 Å². The van der Waals surface area contributed by atoms with Crippen LogP contribution in [0.5, 0.6) is 5.88 Å². The fourth-order valence-electron chi connectivity index (χ4n) is 2.33. The van der Waals surface area contributed by atoms with E-state index < -0.39 is 0 Å². The minimum absolute atomic E-state index is 0.283. The van der Waals surface area contributed by atoms with E-state index >= 15 is 0 Å². The third-order valence-corrected chi connectivity index (χ3v) is 3.45. The van der Waals surface area contributed by atoms with Gasteiger partial charge in [-0.1, -0.05) is 11.6 Å². The van der Waals surface area contributed by atoms with E-state index in [9.17, 15) is 4.79 Å². The molecule has 1 fully saturated rings. The van der Waals surface area contributed by atoms with Crippen molar-refractivity contribution in [3.05, 3.63) is 23.4 Å². The Labute approximate surface area is 117 Å². The summed E-state index contributed by atoms with van der Waals surface area (Å²) in [5.41, 5.74) is 5.21. The number of nitrogens with zero attached hydrogens (tertiary/aromatic N) is 2. The fraction of sp³-hybridized carbons (Fsp3) is 0.538. The molecule has 2 heterocycles. The molecule has 6 heteroatoms. The second-order valence-electron chi connectivity index (χ2n) is 4.81. The molecule has 0 aromatic carbocycles. The third kappa shape index (κ3) is 4.36. The molecule has 2 rings (SSSR count). The summed E-state index contributed by atoms with van der Waals surface area (Å²) >= 11 is 5.98. The number of hydrogen-bond acceptors (Lipinski definition) is 4. The Morgan fingerprint density at radius 1 is 1.63 bits per heavy atom. The average Bonchev–Trinajstić information content (AvgIpc) is 2.37. The van der Waals surface area contributed by atoms with Crippen molar-refractivity contribution in [2.75, 3.05) is 26.2 Å². The van der Waals surface area contributed by atoms with Gasteiger partial charge in [-0.15, -0.1) is 0 Å². The number of nitrogens with two attached hydrogens (primary N) is 1. The molecule has 2 N–H and O–H groups in total. The van der Waals surface area contributed by atoms with Gasteiger partial charge in [0.25, 0.3) is 0 Å². The van der Waals surface area contributed by atoms with Gasteiger partial charge in [0.05, 0.1) is 13.2 Å². The molecule has 1 unspecified atom stereocenters. The van der Waals surface area contributed by atoms with Crippen molar-refractivity contribution in [1.29, 1.82) is 0 Å². The van der Waals surface area contributed by atoms with Crippen LogP contribution in [0.3, 0.4) is 0 Å². The number of carbonyl (C=O) groups excluding carboxylic acids is 1. The molecule has 104 valence electrons. The molecule has 0 saturated carbocycles. The largest absolute Gasteiger partial charge is 0.476 e. The zero-order valence-corrected chi connectivity index (χ0v) is 11.5. The van der Waals surface area contributed by atoms with Crippen LogP contribution in [0.4, 0.5) is 0 Å². The lowest BCUT2D eigenvalue weighted by Gasteiger charge is -2.31. The van der Waals surface area contributed by atoms with Crippen LogP contribution in [0.15, 0.2) is 18.3 Å². The monoisotopic (exact) mass is 283 g/mol. The highest BCUT2D eigenvalue weighted by Crippen LogP contribution is 2.22. The van der Waals surface area contributed by atoms with Gasteiger partial charge in [-0.05, 0) is 31.5 Å². The smallest absolute Gasteiger partial charge is 0.232 e. The SMILES string of the molecule is NC(=O)CN1CCCC(COc2ncccc2Cl)C1. The number of amides is 1. The van der Waals surface area contributed by atoms with Gasteiger partial charge in [0.2, 0.25) is 11.8 Å². The molecule has 0 spiro atoms. The number of carbonyl (C=O) groups is 1. The normalized spacial score (nSPS) is 20.2. The van der Waals surface area contributed by atoms with Crippen molar-refractivity contribution < 1.29 is 9.53 Å². The Morgan fingerprint density at radius 3 is 3.21 bits per heavy atom. The molecule has 1 aliphatic rings. The summed E-state index contributed by atoms with van der Waals surface area (Å²) in [6.07, 6.45) is 3.79. The van der Waals surface area contributed by atoms with E-state index in [1.807, 2.05) is 0 Å². The third-order valence-electron chi connectivity index (χ3n) is 3.16. The van der Waals surface area contributed by atoms with E-state index in [1.165, 1.54) is 0 Å². The molecule has 19 heavy (non-hydrogen) atoms. The summed E-state index contributed by atoms with van der Waals surface area (Å²) in [4.78, 5) is 17.1. The number of primary amides is 1. The van der Waals surface area contributed by atoms with Gasteiger partial charge in [-0.25, -0.2) is 4.98 Å². The van der Waals surface area contributed by atoms with Crippen LogP contribution >= 0.6 is 11.6 Å². The zero-order valence-electron chi connectivity index (χ0n) is 10.7. The summed E-state index contributed by atoms with van der Waals surface area (Å²) < 4.78 is 5.64. The Kier molecular flexibility index (Phi) is 4.99. The molecular formula is C13H18ClN3O2. The molecule has 1 amide bonds. The van der Waals surface area contributed by atoms with Crippen molar-refractivity contribution in [2.24, 2.45) is 11.7 Å². The van der Waals surface area contributed by atoms with E-state index in [-0.39, 0.29) is 5.91 Å². The van der Waals surface area contributed by atoms with Gasteiger partial charge in [0, 0.05) is 18.7 Å². The van der Waals surface area contributed by atoms with Gasteiger partial charge in [0.15, 0.2) is 0 Å². The summed E-state index contributed by atoms with van der Waals surface area (Å²) in [6, 6.07) is 3.52. The first kappa shape index (κ1) is 14.1. The van der Waals surface area contributed by atoms with Crippen LogP contribution in [0.1, 0.15) is 12.8 Å². The predicted molar refractivity (Wildman–Crippen MR) is 73.1 cm³/mol. The van der Waals surface area contributed by atoms with E-state index in [0.29, 0.717) is 30.0 Å². The van der Waals surface area contributed by atoms with E-state index in [2.05, 4.69) is 9.88 Å². The van der Waals surface area contributed by atoms with E-state index in [1.54, 1.807) is 18.3 Å². The number of halogens is 1. The number of piperidine rings is 1. The summed E-state index contributed by atoms with van der Waals surface area (Å²) in [7, 11) is 0. The Bertz CT molecular complexity index is 442. The molecule has 1 atom stereocenters. The number of likely N-dealkylation sites (tertiary alicyclic amines) is 1. The highest BCUT2D eigenvalue weighted by atomic mass is 35.5. The van der Waals surface area contributed by atoms with Crippen LogP contribution in [0.2, 0.25) is 5.02 Å². The summed E-state index contributed by atoms with van der Waals surface area (Å²) in [5, 5.41) is 0.521. The molecule has 5 nitrogen and oxygen atoms in total. The Hall–Kier alpha value is -1.33. The fourth-order valence-corrected chi connectivity index (χ4v) is 2.50. The minimum atomic E-state index is -0.283. The maximum Gasteiger partial charge on any atom is 0.232 e. The van der Waals surface area contributed by atoms with Gasteiger partial charge < -0.3 is 10.5 Å². The van der Waals surface area contributed by atoms with Gasteiger partial charge in [-0.2, -0.15) is 0 Å². The quantitative estimate of drug-likeness (QED) is 0.885. The molecular weight excluding hydrogens is 266 g/mol. The maximum atomic E-state index is 10.9. The van der Waals surface area contributed by atoms with Crippen molar-refractivity contribution in [1.82, 2.24) is 9.88 Å². The molecule has 0 radical (unpaired) electrons. The Balaban J connectivity index is 1.82. The Morgan fingerprint density at radius 2 is 2.47 bits per heavy atom. The topological polar surface area (TPSA) is 68.5 Å². The van der Waals surface area contributed by atoms with Crippen molar-refractivity contribution in [2.45, 2.75) is 12.8 Å². The highest BCUT2D eigenvalue weighted by molar-refractivity contribution is 6.31. The first-order chi connectivity index (χ1) is 9.15. The number of aromatic nitrogens is 1. The highest BCUT2D eigenvalue weighted by Gasteiger charge is 2.21. The first-order valence-corrected chi connectivity index (χ1v) is 6.77.